The highest BCUT2D eigenvalue weighted by Gasteiger charge is 2.26. The topological polar surface area (TPSA) is 124 Å². The van der Waals surface area contributed by atoms with Gasteiger partial charge in [-0.15, -0.1) is 0 Å². The van der Waals surface area contributed by atoms with Crippen LogP contribution in [0.1, 0.15) is 28.4 Å². The first-order valence-corrected chi connectivity index (χ1v) is 5.36. The van der Waals surface area contributed by atoms with Crippen LogP contribution in [-0.4, -0.2) is 45.6 Å². The molecule has 0 aliphatic rings. The number of hydrogen-bond acceptors (Lipinski definition) is 5. The molecule has 2 unspecified atom stereocenters. The smallest absolute Gasteiger partial charge is 0.339 e. The van der Waals surface area contributed by atoms with Gasteiger partial charge in [0.2, 0.25) is 0 Å². The van der Waals surface area contributed by atoms with E-state index >= 15 is 0 Å². The summed E-state index contributed by atoms with van der Waals surface area (Å²) < 4.78 is 4.91. The van der Waals surface area contributed by atoms with Gasteiger partial charge in [-0.25, -0.2) is 4.79 Å². The average Bonchev–Trinajstić information content (AvgIpc) is 2.35. The maximum Gasteiger partial charge on any atom is 0.339 e. The van der Waals surface area contributed by atoms with E-state index in [0.29, 0.717) is 0 Å². The van der Waals surface area contributed by atoms with E-state index < -0.39 is 30.6 Å². The number of hydrogen-bond donors (Lipinski definition) is 4. The van der Waals surface area contributed by atoms with Crippen molar-refractivity contribution in [3.05, 3.63) is 29.3 Å². The molecule has 0 radical (unpaired) electrons. The van der Waals surface area contributed by atoms with E-state index in [1.165, 1.54) is 25.3 Å². The molecular formula is C12H14O7. The Morgan fingerprint density at radius 1 is 1.26 bits per heavy atom. The zero-order valence-electron chi connectivity index (χ0n) is 10.1. The minimum Gasteiger partial charge on any atom is -0.495 e. The Morgan fingerprint density at radius 2 is 1.89 bits per heavy atom. The van der Waals surface area contributed by atoms with Gasteiger partial charge in [-0.05, 0) is 6.07 Å². The number of aromatic carboxylic acids is 1. The first-order valence-electron chi connectivity index (χ1n) is 5.36. The molecule has 0 fully saturated rings. The van der Waals surface area contributed by atoms with Gasteiger partial charge in [-0.2, -0.15) is 0 Å². The van der Waals surface area contributed by atoms with Crippen LogP contribution in [-0.2, 0) is 4.79 Å². The molecule has 7 heteroatoms. The lowest BCUT2D eigenvalue weighted by Gasteiger charge is -2.20. The number of carboxylic acids is 2. The molecule has 0 aliphatic heterocycles. The van der Waals surface area contributed by atoms with Gasteiger partial charge in [0.1, 0.15) is 17.4 Å². The highest BCUT2D eigenvalue weighted by atomic mass is 16.5. The Bertz CT molecular complexity index is 483. The molecule has 0 aliphatic carbocycles. The SMILES string of the molecule is COc1c(C(=O)O)cccc1C(O)C(O)CC(=O)O. The van der Waals surface area contributed by atoms with Gasteiger partial charge in [0.05, 0.1) is 19.6 Å². The summed E-state index contributed by atoms with van der Waals surface area (Å²) in [4.78, 5) is 21.5. The maximum atomic E-state index is 11.0. The molecular weight excluding hydrogens is 256 g/mol. The summed E-state index contributed by atoms with van der Waals surface area (Å²) in [6, 6.07) is 4.01. The zero-order chi connectivity index (χ0) is 14.6. The minimum atomic E-state index is -1.56. The van der Waals surface area contributed by atoms with Gasteiger partial charge in [0, 0.05) is 5.56 Å². The van der Waals surface area contributed by atoms with Gasteiger partial charge < -0.3 is 25.2 Å². The number of carboxylic acid groups (broad SMARTS) is 2. The third kappa shape index (κ3) is 3.43. The number of benzene rings is 1. The number of aliphatic hydroxyl groups excluding tert-OH is 2. The molecule has 0 bridgehead atoms. The second-order valence-electron chi connectivity index (χ2n) is 3.84. The van der Waals surface area contributed by atoms with Crippen molar-refractivity contribution < 1.29 is 34.8 Å². The summed E-state index contributed by atoms with van der Waals surface area (Å²) >= 11 is 0. The summed E-state index contributed by atoms with van der Waals surface area (Å²) in [7, 11) is 1.22. The van der Waals surface area contributed by atoms with E-state index in [1.807, 2.05) is 0 Å². The Hall–Kier alpha value is -2.12. The number of ether oxygens (including phenoxy) is 1. The van der Waals surface area contributed by atoms with Crippen molar-refractivity contribution in [3.8, 4) is 5.75 Å². The fourth-order valence-electron chi connectivity index (χ4n) is 1.68. The molecule has 104 valence electrons. The van der Waals surface area contributed by atoms with E-state index in [2.05, 4.69) is 0 Å². The van der Waals surface area contributed by atoms with E-state index in [-0.39, 0.29) is 16.9 Å². The molecule has 0 saturated carbocycles. The van der Waals surface area contributed by atoms with Crippen LogP contribution in [0.4, 0.5) is 0 Å². The van der Waals surface area contributed by atoms with Crippen LogP contribution in [0.25, 0.3) is 0 Å². The van der Waals surface area contributed by atoms with E-state index in [9.17, 15) is 19.8 Å². The first-order chi connectivity index (χ1) is 8.88. The number of aliphatic hydroxyl groups is 2. The molecule has 1 rings (SSSR count). The molecule has 0 saturated heterocycles. The zero-order valence-corrected chi connectivity index (χ0v) is 10.1. The van der Waals surface area contributed by atoms with Crippen molar-refractivity contribution in [3.63, 3.8) is 0 Å². The number of para-hydroxylation sites is 1. The van der Waals surface area contributed by atoms with Crippen LogP contribution in [0.15, 0.2) is 18.2 Å². The number of methoxy groups -OCH3 is 1. The minimum absolute atomic E-state index is 0.0242. The van der Waals surface area contributed by atoms with Crippen molar-refractivity contribution in [2.45, 2.75) is 18.6 Å². The molecule has 0 heterocycles. The van der Waals surface area contributed by atoms with Crippen LogP contribution in [0.3, 0.4) is 0 Å². The summed E-state index contributed by atoms with van der Waals surface area (Å²) in [5.74, 6) is -2.63. The third-order valence-corrected chi connectivity index (χ3v) is 2.55. The predicted octanol–water partition coefficient (Wildman–Crippen LogP) is 0.262. The van der Waals surface area contributed by atoms with E-state index in [1.54, 1.807) is 0 Å². The van der Waals surface area contributed by atoms with Crippen LogP contribution in [0.5, 0.6) is 5.75 Å². The highest BCUT2D eigenvalue weighted by Crippen LogP contribution is 2.31. The number of rotatable bonds is 6. The standard InChI is InChI=1S/C12H14O7/c1-19-11-6(3-2-4-7(11)12(17)18)10(16)8(13)5-9(14)15/h2-4,8,10,13,16H,5H2,1H3,(H,14,15)(H,17,18). The first kappa shape index (κ1) is 14.9. The molecule has 0 aromatic heterocycles. The normalized spacial score (nSPS) is 13.6. The van der Waals surface area contributed by atoms with Crippen molar-refractivity contribution in [1.82, 2.24) is 0 Å². The summed E-state index contributed by atoms with van der Waals surface area (Å²) in [6.45, 7) is 0. The van der Waals surface area contributed by atoms with Gasteiger partial charge in [-0.3, -0.25) is 4.79 Å². The lowest BCUT2D eigenvalue weighted by Crippen LogP contribution is -2.22. The van der Waals surface area contributed by atoms with Crippen LogP contribution in [0.2, 0.25) is 0 Å². The Labute approximate surface area is 108 Å². The fourth-order valence-corrected chi connectivity index (χ4v) is 1.68. The second kappa shape index (κ2) is 6.17. The molecule has 0 amide bonds. The molecule has 1 aromatic carbocycles. The van der Waals surface area contributed by atoms with Crippen molar-refractivity contribution in [2.75, 3.05) is 7.11 Å². The monoisotopic (exact) mass is 270 g/mol. The van der Waals surface area contributed by atoms with Crippen molar-refractivity contribution in [1.29, 1.82) is 0 Å². The Morgan fingerprint density at radius 3 is 2.37 bits per heavy atom. The summed E-state index contributed by atoms with van der Waals surface area (Å²) in [5, 5.41) is 36.9. The van der Waals surface area contributed by atoms with Crippen LogP contribution in [0, 0.1) is 0 Å². The van der Waals surface area contributed by atoms with Gasteiger partial charge in [-0.1, -0.05) is 12.1 Å². The third-order valence-electron chi connectivity index (χ3n) is 2.55. The molecule has 4 N–H and O–H groups in total. The van der Waals surface area contributed by atoms with Crippen molar-refractivity contribution in [2.24, 2.45) is 0 Å². The predicted molar refractivity (Wildman–Crippen MR) is 63.2 cm³/mol. The number of aliphatic carboxylic acids is 1. The molecule has 19 heavy (non-hydrogen) atoms. The highest BCUT2D eigenvalue weighted by molar-refractivity contribution is 5.91. The van der Waals surface area contributed by atoms with Gasteiger partial charge in [0.25, 0.3) is 0 Å². The largest absolute Gasteiger partial charge is 0.495 e. The summed E-state index contributed by atoms with van der Waals surface area (Å²) in [5.41, 5.74) is -0.155. The lowest BCUT2D eigenvalue weighted by atomic mass is 9.98. The maximum absolute atomic E-state index is 11.0. The lowest BCUT2D eigenvalue weighted by molar-refractivity contribution is -0.141. The quantitative estimate of drug-likeness (QED) is 0.584. The molecule has 1 aromatic rings. The average molecular weight is 270 g/mol. The van der Waals surface area contributed by atoms with Crippen LogP contribution >= 0.6 is 0 Å². The molecule has 0 spiro atoms. The van der Waals surface area contributed by atoms with E-state index in [0.717, 1.165) is 0 Å². The number of carbonyl (C=O) groups is 2. The van der Waals surface area contributed by atoms with E-state index in [4.69, 9.17) is 14.9 Å². The van der Waals surface area contributed by atoms with Crippen LogP contribution < -0.4 is 4.74 Å². The summed E-state index contributed by atoms with van der Waals surface area (Å²) in [6.07, 6.45) is -3.78. The van der Waals surface area contributed by atoms with Gasteiger partial charge in [0.15, 0.2) is 0 Å². The van der Waals surface area contributed by atoms with Crippen molar-refractivity contribution >= 4 is 11.9 Å². The van der Waals surface area contributed by atoms with Gasteiger partial charge >= 0.3 is 11.9 Å². The second-order valence-corrected chi connectivity index (χ2v) is 3.84. The molecule has 2 atom stereocenters. The Kier molecular flexibility index (Phi) is 4.85. The Balaban J connectivity index is 3.15. The molecule has 7 nitrogen and oxygen atoms in total. The fraction of sp³-hybridized carbons (Fsp3) is 0.333.